The van der Waals surface area contributed by atoms with E-state index in [1.165, 1.54) is 0 Å². The summed E-state index contributed by atoms with van der Waals surface area (Å²) in [5.74, 6) is -0.932. The molecule has 0 rings (SSSR count). The molecule has 0 aromatic heterocycles. The van der Waals surface area contributed by atoms with Crippen LogP contribution in [0.3, 0.4) is 0 Å². The molecule has 0 amide bonds. The lowest BCUT2D eigenvalue weighted by molar-refractivity contribution is -0.135. The lowest BCUT2D eigenvalue weighted by atomic mass is 10.6. The molecule has 47 valence electrons. The van der Waals surface area contributed by atoms with Crippen molar-refractivity contribution >= 4 is 5.97 Å². The van der Waals surface area contributed by atoms with Crippen molar-refractivity contribution in [3.63, 3.8) is 0 Å². The van der Waals surface area contributed by atoms with E-state index < -0.39 is 5.97 Å². The van der Waals surface area contributed by atoms with Gasteiger partial charge < -0.3 is 10.4 Å². The number of aliphatic carboxylic acids is 1. The number of carboxylic acids is 1. The molecule has 0 atom stereocenters. The van der Waals surface area contributed by atoms with Gasteiger partial charge in [-0.05, 0) is 0 Å². The lowest BCUT2D eigenvalue weighted by Gasteiger charge is -1.92. The number of carboxylic acid groups (broad SMARTS) is 1. The maximum atomic E-state index is 9.71. The summed E-state index contributed by atoms with van der Waals surface area (Å²) < 4.78 is 0. The van der Waals surface area contributed by atoms with Crippen LogP contribution < -0.4 is 5.32 Å². The largest absolute Gasteiger partial charge is 0.480 e. The first kappa shape index (κ1) is 7.39. The van der Waals surface area contributed by atoms with Crippen LogP contribution in [0.4, 0.5) is 0 Å². The molecule has 2 N–H and O–H groups in total. The van der Waals surface area contributed by atoms with Crippen molar-refractivity contribution in [1.82, 2.24) is 5.32 Å². The minimum absolute atomic E-state index is 0.123. The minimum Gasteiger partial charge on any atom is -0.480 e. The Balaban J connectivity index is 2.82. The predicted octanol–water partition coefficient (Wildman–Crippen LogP) is -0.909. The van der Waals surface area contributed by atoms with Gasteiger partial charge in [-0.3, -0.25) is 4.79 Å². The van der Waals surface area contributed by atoms with Crippen LogP contribution in [-0.4, -0.2) is 30.8 Å². The van der Waals surface area contributed by atoms with Crippen LogP contribution >= 0.6 is 0 Å². The summed E-state index contributed by atoms with van der Waals surface area (Å²) in [6.45, 7) is -0.165. The number of carbonyl (C=O) groups is 1. The van der Waals surface area contributed by atoms with Gasteiger partial charge in [0, 0.05) is 6.54 Å². The Morgan fingerprint density at radius 1 is 1.62 bits per heavy atom. The Hall–Kier alpha value is -0.610. The zero-order valence-electron chi connectivity index (χ0n) is 4.39. The van der Waals surface area contributed by atoms with E-state index in [9.17, 15) is 9.90 Å². The van der Waals surface area contributed by atoms with Gasteiger partial charge in [0.2, 0.25) is 0 Å². The van der Waals surface area contributed by atoms with E-state index in [4.69, 9.17) is 5.11 Å². The van der Waals surface area contributed by atoms with Crippen LogP contribution in [0.25, 0.3) is 0 Å². The molecule has 1 radical (unpaired) electrons. The van der Waals surface area contributed by atoms with Crippen LogP contribution in [0.2, 0.25) is 0 Å². The molecule has 0 saturated heterocycles. The average Bonchev–Trinajstić information content (AvgIpc) is 1.66. The first-order valence-electron chi connectivity index (χ1n) is 2.28. The highest BCUT2D eigenvalue weighted by Crippen LogP contribution is 1.58. The molecule has 0 saturated carbocycles. The van der Waals surface area contributed by atoms with E-state index in [0.29, 0.717) is 0 Å². The lowest BCUT2D eigenvalue weighted by Crippen LogP contribution is -2.24. The SMILES string of the molecule is [O]CCNCC(=O)O. The Morgan fingerprint density at radius 3 is 2.62 bits per heavy atom. The van der Waals surface area contributed by atoms with Gasteiger partial charge in [-0.2, -0.15) is 0 Å². The van der Waals surface area contributed by atoms with Crippen molar-refractivity contribution in [2.45, 2.75) is 0 Å². The van der Waals surface area contributed by atoms with Crippen LogP contribution in [0, 0.1) is 0 Å². The summed E-state index contributed by atoms with van der Waals surface area (Å²) in [6, 6.07) is 0. The molecule has 0 aromatic rings. The van der Waals surface area contributed by atoms with E-state index in [1.807, 2.05) is 0 Å². The topological polar surface area (TPSA) is 69.2 Å². The average molecular weight is 118 g/mol. The van der Waals surface area contributed by atoms with Gasteiger partial charge in [-0.25, -0.2) is 5.11 Å². The van der Waals surface area contributed by atoms with E-state index in [1.54, 1.807) is 0 Å². The standard InChI is InChI=1S/C4H8NO3/c6-2-1-5-3-4(7)8/h5H,1-3H2,(H,7,8). The Morgan fingerprint density at radius 2 is 2.25 bits per heavy atom. The number of nitrogens with one attached hydrogen (secondary N) is 1. The molecule has 0 aliphatic carbocycles. The first-order chi connectivity index (χ1) is 3.77. The van der Waals surface area contributed by atoms with Crippen molar-refractivity contribution < 1.29 is 15.0 Å². The maximum absolute atomic E-state index is 9.71. The van der Waals surface area contributed by atoms with Gasteiger partial charge in [0.1, 0.15) is 0 Å². The molecular weight excluding hydrogens is 110 g/mol. The van der Waals surface area contributed by atoms with E-state index in [0.717, 1.165) is 0 Å². The third-order valence-corrected chi connectivity index (χ3v) is 0.555. The van der Waals surface area contributed by atoms with Gasteiger partial charge in [-0.1, -0.05) is 0 Å². The summed E-state index contributed by atoms with van der Waals surface area (Å²) in [6.07, 6.45) is 0. The number of rotatable bonds is 4. The highest BCUT2D eigenvalue weighted by atomic mass is 16.4. The molecule has 0 aliphatic heterocycles. The molecule has 0 heterocycles. The Bertz CT molecular complexity index is 73.7. The third kappa shape index (κ3) is 5.39. The normalized spacial score (nSPS) is 9.12. The molecular formula is C4H8NO3. The van der Waals surface area contributed by atoms with E-state index in [2.05, 4.69) is 5.32 Å². The van der Waals surface area contributed by atoms with Crippen LogP contribution in [0.5, 0.6) is 0 Å². The Kier molecular flexibility index (Phi) is 4.20. The fourth-order valence-corrected chi connectivity index (χ4v) is 0.267. The molecule has 0 aliphatic rings. The van der Waals surface area contributed by atoms with Crippen molar-refractivity contribution in [1.29, 1.82) is 0 Å². The maximum Gasteiger partial charge on any atom is 0.317 e. The van der Waals surface area contributed by atoms with Gasteiger partial charge in [0.15, 0.2) is 0 Å². The monoisotopic (exact) mass is 118 g/mol. The molecule has 4 nitrogen and oxygen atoms in total. The molecule has 0 unspecified atom stereocenters. The van der Waals surface area contributed by atoms with Crippen molar-refractivity contribution in [2.24, 2.45) is 0 Å². The second kappa shape index (κ2) is 4.55. The second-order valence-electron chi connectivity index (χ2n) is 1.27. The zero-order chi connectivity index (χ0) is 6.41. The summed E-state index contributed by atoms with van der Waals surface area (Å²) in [4.78, 5) is 9.71. The number of hydrogen-bond donors (Lipinski definition) is 2. The highest BCUT2D eigenvalue weighted by Gasteiger charge is 1.91. The fraction of sp³-hybridized carbons (Fsp3) is 0.750. The summed E-state index contributed by atoms with van der Waals surface area (Å²) >= 11 is 0. The van der Waals surface area contributed by atoms with Gasteiger partial charge >= 0.3 is 5.97 Å². The van der Waals surface area contributed by atoms with Crippen molar-refractivity contribution in [2.75, 3.05) is 19.7 Å². The third-order valence-electron chi connectivity index (χ3n) is 0.555. The van der Waals surface area contributed by atoms with Crippen LogP contribution in [0.15, 0.2) is 0 Å². The number of hydrogen-bond acceptors (Lipinski definition) is 2. The van der Waals surface area contributed by atoms with E-state index in [-0.39, 0.29) is 19.7 Å². The smallest absolute Gasteiger partial charge is 0.317 e. The summed E-state index contributed by atoms with van der Waals surface area (Å²) in [5, 5.41) is 20.1. The molecule has 4 heteroatoms. The van der Waals surface area contributed by atoms with Gasteiger partial charge in [0.05, 0.1) is 13.2 Å². The van der Waals surface area contributed by atoms with Crippen LogP contribution in [-0.2, 0) is 9.90 Å². The van der Waals surface area contributed by atoms with E-state index >= 15 is 0 Å². The van der Waals surface area contributed by atoms with Gasteiger partial charge in [-0.15, -0.1) is 0 Å². The molecule has 0 bridgehead atoms. The zero-order valence-corrected chi connectivity index (χ0v) is 4.39. The van der Waals surface area contributed by atoms with Crippen molar-refractivity contribution in [3.05, 3.63) is 0 Å². The van der Waals surface area contributed by atoms with Gasteiger partial charge in [0.25, 0.3) is 0 Å². The first-order valence-corrected chi connectivity index (χ1v) is 2.28. The Labute approximate surface area is 47.1 Å². The highest BCUT2D eigenvalue weighted by molar-refractivity contribution is 5.68. The summed E-state index contributed by atoms with van der Waals surface area (Å²) in [7, 11) is 0. The molecule has 8 heavy (non-hydrogen) atoms. The minimum atomic E-state index is -0.932. The van der Waals surface area contributed by atoms with Crippen LogP contribution in [0.1, 0.15) is 0 Å². The molecule has 0 fully saturated rings. The predicted molar refractivity (Wildman–Crippen MR) is 26.1 cm³/mol. The fourth-order valence-electron chi connectivity index (χ4n) is 0.267. The van der Waals surface area contributed by atoms with Crippen molar-refractivity contribution in [3.8, 4) is 0 Å². The molecule has 0 spiro atoms. The summed E-state index contributed by atoms with van der Waals surface area (Å²) in [5.41, 5.74) is 0. The quantitative estimate of drug-likeness (QED) is 0.469. The molecule has 0 aromatic carbocycles. The second-order valence-corrected chi connectivity index (χ2v) is 1.27.